The van der Waals surface area contributed by atoms with Gasteiger partial charge in [0, 0.05) is 12.6 Å². The Morgan fingerprint density at radius 2 is 1.61 bits per heavy atom. The zero-order valence-corrected chi connectivity index (χ0v) is 17.5. The largest absolute Gasteiger partial charge is 0.352 e. The van der Waals surface area contributed by atoms with Crippen LogP contribution in [0.1, 0.15) is 31.9 Å². The van der Waals surface area contributed by atoms with Crippen LogP contribution in [-0.4, -0.2) is 28.8 Å². The van der Waals surface area contributed by atoms with Gasteiger partial charge in [0.15, 0.2) is 0 Å². The van der Waals surface area contributed by atoms with Crippen molar-refractivity contribution in [2.75, 3.05) is 0 Å². The average Bonchev–Trinajstić information content (AvgIpc) is 2.63. The monoisotopic (exact) mass is 424 g/mol. The molecule has 1 atom stereocenters. The predicted molar refractivity (Wildman–Crippen MR) is 110 cm³/mol. The van der Waals surface area contributed by atoms with E-state index in [0.29, 0.717) is 15.6 Å². The molecule has 150 valence electrons. The van der Waals surface area contributed by atoms with Crippen LogP contribution >= 0.6 is 23.2 Å². The maximum absolute atomic E-state index is 13.2. The molecule has 0 aliphatic carbocycles. The van der Waals surface area contributed by atoms with E-state index in [1.165, 1.54) is 17.0 Å². The normalized spacial score (nSPS) is 12.0. The first-order chi connectivity index (χ1) is 13.2. The second-order valence-corrected chi connectivity index (χ2v) is 7.73. The van der Waals surface area contributed by atoms with Gasteiger partial charge in [-0.15, -0.1) is 0 Å². The lowest BCUT2D eigenvalue weighted by atomic mass is 10.1. The molecule has 0 unspecified atom stereocenters. The van der Waals surface area contributed by atoms with Gasteiger partial charge in [-0.1, -0.05) is 41.4 Å². The fourth-order valence-corrected chi connectivity index (χ4v) is 3.02. The quantitative estimate of drug-likeness (QED) is 0.704. The number of benzene rings is 2. The second kappa shape index (κ2) is 9.89. The van der Waals surface area contributed by atoms with Crippen molar-refractivity contribution in [1.82, 2.24) is 10.2 Å². The molecule has 0 spiro atoms. The molecular formula is C21H23Cl2FN2O2. The van der Waals surface area contributed by atoms with Crippen molar-refractivity contribution in [2.24, 2.45) is 0 Å². The van der Waals surface area contributed by atoms with E-state index in [9.17, 15) is 14.0 Å². The molecule has 0 fully saturated rings. The summed E-state index contributed by atoms with van der Waals surface area (Å²) in [7, 11) is 0. The molecule has 2 aromatic rings. The Hall–Kier alpha value is -2.11. The Bertz CT molecular complexity index is 841. The third kappa shape index (κ3) is 6.21. The van der Waals surface area contributed by atoms with Crippen LogP contribution in [0.2, 0.25) is 10.0 Å². The van der Waals surface area contributed by atoms with Crippen LogP contribution in [0.4, 0.5) is 4.39 Å². The highest BCUT2D eigenvalue weighted by Crippen LogP contribution is 2.23. The molecule has 2 aromatic carbocycles. The van der Waals surface area contributed by atoms with E-state index in [4.69, 9.17) is 23.2 Å². The number of hydrogen-bond acceptors (Lipinski definition) is 2. The highest BCUT2D eigenvalue weighted by molar-refractivity contribution is 6.42. The number of rotatable bonds is 7. The lowest BCUT2D eigenvalue weighted by Gasteiger charge is -2.29. The zero-order chi connectivity index (χ0) is 20.8. The van der Waals surface area contributed by atoms with Gasteiger partial charge < -0.3 is 10.2 Å². The standard InChI is InChI=1S/C21H23Cl2FN2O2/c1-13(2)25-21(28)14(3)26(12-15-4-7-17(24)8-5-15)20(27)11-16-6-9-18(22)19(23)10-16/h4-10,13-14H,11-12H2,1-3H3,(H,25,28)/t14-/m1/s1. The molecule has 7 heteroatoms. The van der Waals surface area contributed by atoms with Crippen LogP contribution in [0.15, 0.2) is 42.5 Å². The Morgan fingerprint density at radius 3 is 2.18 bits per heavy atom. The number of carbonyl (C=O) groups excluding carboxylic acids is 2. The first-order valence-electron chi connectivity index (χ1n) is 8.95. The number of halogens is 3. The van der Waals surface area contributed by atoms with Gasteiger partial charge in [-0.3, -0.25) is 9.59 Å². The SMILES string of the molecule is CC(C)NC(=O)[C@@H](C)N(Cc1ccc(F)cc1)C(=O)Cc1ccc(Cl)c(Cl)c1. The van der Waals surface area contributed by atoms with Crippen LogP contribution in [-0.2, 0) is 22.6 Å². The first-order valence-corrected chi connectivity index (χ1v) is 9.71. The number of hydrogen-bond donors (Lipinski definition) is 1. The van der Waals surface area contributed by atoms with Gasteiger partial charge in [0.25, 0.3) is 0 Å². The van der Waals surface area contributed by atoms with Gasteiger partial charge in [-0.25, -0.2) is 4.39 Å². The molecule has 0 saturated heterocycles. The fraction of sp³-hybridized carbons (Fsp3) is 0.333. The van der Waals surface area contributed by atoms with Gasteiger partial charge in [-0.05, 0) is 56.2 Å². The summed E-state index contributed by atoms with van der Waals surface area (Å²) in [5.41, 5.74) is 1.42. The van der Waals surface area contributed by atoms with E-state index in [0.717, 1.165) is 5.56 Å². The molecule has 0 aliphatic rings. The molecule has 0 heterocycles. The van der Waals surface area contributed by atoms with E-state index >= 15 is 0 Å². The van der Waals surface area contributed by atoms with Crippen molar-refractivity contribution in [1.29, 1.82) is 0 Å². The smallest absolute Gasteiger partial charge is 0.242 e. The van der Waals surface area contributed by atoms with Crippen LogP contribution in [0.5, 0.6) is 0 Å². The molecule has 0 bridgehead atoms. The Kier molecular flexibility index (Phi) is 7.84. The van der Waals surface area contributed by atoms with Crippen LogP contribution in [0, 0.1) is 5.82 Å². The van der Waals surface area contributed by atoms with E-state index in [1.54, 1.807) is 37.3 Å². The minimum Gasteiger partial charge on any atom is -0.352 e. The van der Waals surface area contributed by atoms with Crippen molar-refractivity contribution in [3.8, 4) is 0 Å². The van der Waals surface area contributed by atoms with E-state index in [-0.39, 0.29) is 36.6 Å². The van der Waals surface area contributed by atoms with Crippen LogP contribution in [0.3, 0.4) is 0 Å². The zero-order valence-electron chi connectivity index (χ0n) is 16.0. The number of nitrogens with one attached hydrogen (secondary N) is 1. The highest BCUT2D eigenvalue weighted by atomic mass is 35.5. The topological polar surface area (TPSA) is 49.4 Å². The van der Waals surface area contributed by atoms with E-state index < -0.39 is 6.04 Å². The molecule has 2 amide bonds. The molecule has 28 heavy (non-hydrogen) atoms. The minimum absolute atomic E-state index is 0.0483. The Balaban J connectivity index is 2.24. The highest BCUT2D eigenvalue weighted by Gasteiger charge is 2.26. The van der Waals surface area contributed by atoms with Crippen LogP contribution < -0.4 is 5.32 Å². The molecule has 0 aromatic heterocycles. The molecule has 2 rings (SSSR count). The Morgan fingerprint density at radius 1 is 1.00 bits per heavy atom. The summed E-state index contributed by atoms with van der Waals surface area (Å²) in [6.07, 6.45) is 0.0668. The lowest BCUT2D eigenvalue weighted by molar-refractivity contribution is -0.140. The number of carbonyl (C=O) groups is 2. The van der Waals surface area contributed by atoms with Crippen LogP contribution in [0.25, 0.3) is 0 Å². The van der Waals surface area contributed by atoms with E-state index in [2.05, 4.69) is 5.32 Å². The Labute approximate surface area is 174 Å². The summed E-state index contributed by atoms with van der Waals surface area (Å²) >= 11 is 12.0. The van der Waals surface area contributed by atoms with Gasteiger partial charge in [0.05, 0.1) is 16.5 Å². The van der Waals surface area contributed by atoms with Crippen molar-refractivity contribution in [2.45, 2.75) is 45.8 Å². The predicted octanol–water partition coefficient (Wildman–Crippen LogP) is 4.62. The fourth-order valence-electron chi connectivity index (χ4n) is 2.70. The van der Waals surface area contributed by atoms with Crippen molar-refractivity contribution < 1.29 is 14.0 Å². The second-order valence-electron chi connectivity index (χ2n) is 6.91. The third-order valence-corrected chi connectivity index (χ3v) is 4.94. The van der Waals surface area contributed by atoms with E-state index in [1.807, 2.05) is 13.8 Å². The third-order valence-electron chi connectivity index (χ3n) is 4.20. The number of nitrogens with zero attached hydrogens (tertiary/aromatic N) is 1. The summed E-state index contributed by atoms with van der Waals surface area (Å²) < 4.78 is 13.2. The molecule has 0 radical (unpaired) electrons. The molecule has 0 aliphatic heterocycles. The molecular weight excluding hydrogens is 402 g/mol. The van der Waals surface area contributed by atoms with Crippen molar-refractivity contribution in [3.63, 3.8) is 0 Å². The van der Waals surface area contributed by atoms with Crippen molar-refractivity contribution >= 4 is 35.0 Å². The van der Waals surface area contributed by atoms with Gasteiger partial charge in [0.1, 0.15) is 11.9 Å². The van der Waals surface area contributed by atoms with Gasteiger partial charge in [-0.2, -0.15) is 0 Å². The summed E-state index contributed by atoms with van der Waals surface area (Å²) in [5, 5.41) is 3.59. The van der Waals surface area contributed by atoms with Gasteiger partial charge in [0.2, 0.25) is 11.8 Å². The molecule has 0 saturated carbocycles. The maximum Gasteiger partial charge on any atom is 0.242 e. The van der Waals surface area contributed by atoms with Gasteiger partial charge >= 0.3 is 0 Å². The molecule has 1 N–H and O–H groups in total. The maximum atomic E-state index is 13.2. The average molecular weight is 425 g/mol. The summed E-state index contributed by atoms with van der Waals surface area (Å²) in [6, 6.07) is 10.1. The van der Waals surface area contributed by atoms with Crippen molar-refractivity contribution in [3.05, 3.63) is 69.5 Å². The summed E-state index contributed by atoms with van der Waals surface area (Å²) in [6.45, 7) is 5.57. The molecule has 4 nitrogen and oxygen atoms in total. The number of amides is 2. The minimum atomic E-state index is -0.692. The first kappa shape index (κ1) is 22.2. The summed E-state index contributed by atoms with van der Waals surface area (Å²) in [5.74, 6) is -0.850. The summed E-state index contributed by atoms with van der Waals surface area (Å²) in [4.78, 5) is 27.0. The lowest BCUT2D eigenvalue weighted by Crippen LogP contribution is -2.49.